The van der Waals surface area contributed by atoms with Gasteiger partial charge in [-0.1, -0.05) is 24.3 Å². The maximum absolute atomic E-state index is 12.6. The molecule has 7 heteroatoms. The van der Waals surface area contributed by atoms with E-state index in [2.05, 4.69) is 16.4 Å². The molecule has 0 aliphatic rings. The lowest BCUT2D eigenvalue weighted by atomic mass is 10.1. The summed E-state index contributed by atoms with van der Waals surface area (Å²) in [6.07, 6.45) is 1.35. The number of carbonyl (C=O) groups excluding carboxylic acids is 1. The highest BCUT2D eigenvalue weighted by molar-refractivity contribution is 6.01. The zero-order valence-electron chi connectivity index (χ0n) is 14.2. The van der Waals surface area contributed by atoms with Gasteiger partial charge < -0.3 is 9.73 Å². The van der Waals surface area contributed by atoms with E-state index in [1.54, 1.807) is 24.3 Å². The van der Waals surface area contributed by atoms with E-state index < -0.39 is 5.56 Å². The van der Waals surface area contributed by atoms with Gasteiger partial charge in [-0.3, -0.25) is 14.2 Å². The number of amides is 1. The van der Waals surface area contributed by atoms with Gasteiger partial charge in [0, 0.05) is 11.9 Å². The molecule has 2 heterocycles. The second-order valence-corrected chi connectivity index (χ2v) is 6.04. The first kappa shape index (κ1) is 16.5. The van der Waals surface area contributed by atoms with Gasteiger partial charge in [0.25, 0.3) is 5.56 Å². The number of para-hydroxylation sites is 1. The molecule has 0 aliphatic heterocycles. The maximum atomic E-state index is 12.6. The van der Waals surface area contributed by atoms with Crippen LogP contribution in [0, 0.1) is 11.3 Å². The van der Waals surface area contributed by atoms with E-state index in [4.69, 9.17) is 9.68 Å². The van der Waals surface area contributed by atoms with E-state index in [0.29, 0.717) is 16.7 Å². The number of nitrogens with zero attached hydrogens (tertiary/aromatic N) is 3. The van der Waals surface area contributed by atoms with E-state index in [0.717, 1.165) is 10.9 Å². The Labute approximate surface area is 153 Å². The quantitative estimate of drug-likeness (QED) is 0.603. The number of hydrogen-bond acceptors (Lipinski definition) is 5. The molecule has 2 aromatic carbocycles. The van der Waals surface area contributed by atoms with E-state index in [-0.39, 0.29) is 24.6 Å². The van der Waals surface area contributed by atoms with E-state index >= 15 is 0 Å². The minimum absolute atomic E-state index is 0.133. The first-order valence-corrected chi connectivity index (χ1v) is 8.28. The van der Waals surface area contributed by atoms with Crippen LogP contribution in [0.2, 0.25) is 0 Å². The van der Waals surface area contributed by atoms with Crippen molar-refractivity contribution in [1.82, 2.24) is 14.9 Å². The zero-order chi connectivity index (χ0) is 18.8. The molecule has 0 radical (unpaired) electrons. The lowest BCUT2D eigenvalue weighted by molar-refractivity contribution is -0.121. The fourth-order valence-electron chi connectivity index (χ4n) is 2.89. The Morgan fingerprint density at radius 3 is 2.93 bits per heavy atom. The second-order valence-electron chi connectivity index (χ2n) is 6.04. The predicted octanol–water partition coefficient (Wildman–Crippen LogP) is 2.33. The number of hydrogen-bond donors (Lipinski definition) is 1. The van der Waals surface area contributed by atoms with Crippen LogP contribution in [0.1, 0.15) is 11.1 Å². The Bertz CT molecular complexity index is 1260. The number of nitriles is 1. The Morgan fingerprint density at radius 2 is 2.07 bits per heavy atom. The molecule has 0 bridgehead atoms. The van der Waals surface area contributed by atoms with E-state index in [1.165, 1.54) is 10.9 Å². The summed E-state index contributed by atoms with van der Waals surface area (Å²) in [4.78, 5) is 29.1. The molecular weight excluding hydrogens is 344 g/mol. The molecule has 4 rings (SSSR count). The van der Waals surface area contributed by atoms with Crippen molar-refractivity contribution in [3.63, 3.8) is 0 Å². The van der Waals surface area contributed by atoms with Gasteiger partial charge in [0.1, 0.15) is 17.6 Å². The summed E-state index contributed by atoms with van der Waals surface area (Å²) in [6, 6.07) is 16.3. The molecule has 0 spiro atoms. The number of fused-ring (bicyclic) bond motifs is 3. The predicted molar refractivity (Wildman–Crippen MR) is 98.8 cm³/mol. The number of rotatable bonds is 4. The number of benzene rings is 2. The minimum atomic E-state index is -0.405. The molecule has 0 saturated heterocycles. The van der Waals surface area contributed by atoms with Crippen molar-refractivity contribution >= 4 is 28.0 Å². The molecule has 7 nitrogen and oxygen atoms in total. The number of furan rings is 1. The standard InChI is InChI=1S/C20H14N4O3/c21-9-13-4-3-5-14(8-13)10-22-17(25)11-24-12-23-18-15-6-1-2-7-16(15)27-19(18)20(24)26/h1-8,12H,10-11H2,(H,22,25). The van der Waals surface area contributed by atoms with Crippen LogP contribution in [0.15, 0.2) is 64.1 Å². The van der Waals surface area contributed by atoms with Crippen molar-refractivity contribution in [3.05, 3.63) is 76.3 Å². The normalized spacial score (nSPS) is 10.8. The number of aromatic nitrogens is 2. The molecule has 0 unspecified atom stereocenters. The van der Waals surface area contributed by atoms with Crippen molar-refractivity contribution < 1.29 is 9.21 Å². The first-order chi connectivity index (χ1) is 13.2. The average Bonchev–Trinajstić information content (AvgIpc) is 3.08. The largest absolute Gasteiger partial charge is 0.448 e. The Kier molecular flexibility index (Phi) is 4.15. The van der Waals surface area contributed by atoms with Gasteiger partial charge in [0.2, 0.25) is 11.5 Å². The second kappa shape index (κ2) is 6.77. The van der Waals surface area contributed by atoms with Gasteiger partial charge in [-0.2, -0.15) is 5.26 Å². The highest BCUT2D eigenvalue weighted by Crippen LogP contribution is 2.23. The third-order valence-corrected chi connectivity index (χ3v) is 4.21. The van der Waals surface area contributed by atoms with Crippen LogP contribution in [-0.4, -0.2) is 15.5 Å². The Hall–Kier alpha value is -3.92. The van der Waals surface area contributed by atoms with Gasteiger partial charge in [-0.05, 0) is 29.8 Å². The monoisotopic (exact) mass is 358 g/mol. The molecule has 0 aliphatic carbocycles. The summed E-state index contributed by atoms with van der Waals surface area (Å²) >= 11 is 0. The van der Waals surface area contributed by atoms with Crippen molar-refractivity contribution in [2.45, 2.75) is 13.1 Å². The van der Waals surface area contributed by atoms with Crippen LogP contribution >= 0.6 is 0 Å². The number of carbonyl (C=O) groups is 1. The van der Waals surface area contributed by atoms with Gasteiger partial charge >= 0.3 is 0 Å². The lowest BCUT2D eigenvalue weighted by Gasteiger charge is -2.07. The summed E-state index contributed by atoms with van der Waals surface area (Å²) in [5.41, 5.74) is 2.13. The van der Waals surface area contributed by atoms with Gasteiger partial charge in [-0.25, -0.2) is 4.98 Å². The fraction of sp³-hybridized carbons (Fsp3) is 0.100. The third-order valence-electron chi connectivity index (χ3n) is 4.21. The summed E-state index contributed by atoms with van der Waals surface area (Å²) in [5, 5.41) is 12.4. The van der Waals surface area contributed by atoms with Crippen LogP contribution in [0.25, 0.3) is 22.1 Å². The van der Waals surface area contributed by atoms with Crippen molar-refractivity contribution in [3.8, 4) is 6.07 Å². The molecule has 0 fully saturated rings. The van der Waals surface area contributed by atoms with Crippen molar-refractivity contribution in [2.75, 3.05) is 0 Å². The summed E-state index contributed by atoms with van der Waals surface area (Å²) in [7, 11) is 0. The third kappa shape index (κ3) is 3.16. The van der Waals surface area contributed by atoms with Crippen molar-refractivity contribution in [1.29, 1.82) is 5.26 Å². The smallest absolute Gasteiger partial charge is 0.297 e. The molecule has 0 atom stereocenters. The van der Waals surface area contributed by atoms with Gasteiger partial charge in [-0.15, -0.1) is 0 Å². The molecule has 132 valence electrons. The SMILES string of the molecule is N#Cc1cccc(CNC(=O)Cn2cnc3c(oc4ccccc43)c2=O)c1. The minimum Gasteiger partial charge on any atom is -0.448 e. The molecule has 1 amide bonds. The lowest BCUT2D eigenvalue weighted by Crippen LogP contribution is -2.32. The fourth-order valence-corrected chi connectivity index (χ4v) is 2.89. The first-order valence-electron chi connectivity index (χ1n) is 8.28. The molecule has 27 heavy (non-hydrogen) atoms. The van der Waals surface area contributed by atoms with Crippen LogP contribution in [-0.2, 0) is 17.9 Å². The average molecular weight is 358 g/mol. The summed E-state index contributed by atoms with van der Waals surface area (Å²) in [6.45, 7) is 0.0974. The van der Waals surface area contributed by atoms with Crippen LogP contribution in [0.3, 0.4) is 0 Å². The molecular formula is C20H14N4O3. The molecule has 1 N–H and O–H groups in total. The maximum Gasteiger partial charge on any atom is 0.297 e. The summed E-state index contributed by atoms with van der Waals surface area (Å²) in [5.74, 6) is -0.336. The number of nitrogens with one attached hydrogen (secondary N) is 1. The molecule has 0 saturated carbocycles. The zero-order valence-corrected chi connectivity index (χ0v) is 14.2. The van der Waals surface area contributed by atoms with Crippen LogP contribution < -0.4 is 10.9 Å². The summed E-state index contributed by atoms with van der Waals surface area (Å²) < 4.78 is 6.82. The van der Waals surface area contributed by atoms with Gasteiger partial charge in [0.15, 0.2) is 0 Å². The van der Waals surface area contributed by atoms with Crippen LogP contribution in [0.4, 0.5) is 0 Å². The Morgan fingerprint density at radius 1 is 1.22 bits per heavy atom. The Balaban J connectivity index is 1.53. The van der Waals surface area contributed by atoms with Crippen molar-refractivity contribution in [2.24, 2.45) is 0 Å². The molecule has 4 aromatic rings. The topological polar surface area (TPSA) is 101 Å². The van der Waals surface area contributed by atoms with Gasteiger partial charge in [0.05, 0.1) is 18.0 Å². The highest BCUT2D eigenvalue weighted by Gasteiger charge is 2.14. The van der Waals surface area contributed by atoms with Crippen LogP contribution in [0.5, 0.6) is 0 Å². The molecule has 2 aromatic heterocycles. The van der Waals surface area contributed by atoms with E-state index in [9.17, 15) is 9.59 Å². The highest BCUT2D eigenvalue weighted by atomic mass is 16.3. The van der Waals surface area contributed by atoms with E-state index in [1.807, 2.05) is 24.3 Å².